The van der Waals surface area contributed by atoms with E-state index >= 15 is 4.39 Å². The van der Waals surface area contributed by atoms with E-state index in [1.807, 2.05) is 29.2 Å². The summed E-state index contributed by atoms with van der Waals surface area (Å²) in [6.45, 7) is 3.66. The quantitative estimate of drug-likeness (QED) is 0.405. The number of carbonyl (C=O) groups excluding carboxylic acids is 1. The lowest BCUT2D eigenvalue weighted by Gasteiger charge is -2.32. The molecular weight excluding hydrogens is 499 g/mol. The number of anilines is 1. The Morgan fingerprint density at radius 2 is 1.90 bits per heavy atom. The number of nitrogens with one attached hydrogen (secondary N) is 1. The molecule has 2 aromatic heterocycles. The van der Waals surface area contributed by atoms with Crippen molar-refractivity contribution in [1.82, 2.24) is 25.2 Å². The second kappa shape index (κ2) is 9.30. The molecule has 2 N–H and O–H groups in total. The number of hydrogen-bond donors (Lipinski definition) is 2. The zero-order valence-corrected chi connectivity index (χ0v) is 21.5. The van der Waals surface area contributed by atoms with Crippen molar-refractivity contribution >= 4 is 33.4 Å². The lowest BCUT2D eigenvalue weighted by Crippen LogP contribution is -2.48. The smallest absolute Gasteiger partial charge is 0.319 e. The van der Waals surface area contributed by atoms with Crippen LogP contribution >= 0.6 is 0 Å². The average Bonchev–Trinajstić information content (AvgIpc) is 3.52. The summed E-state index contributed by atoms with van der Waals surface area (Å²) >= 11 is 0. The minimum atomic E-state index is -0.625. The first-order chi connectivity index (χ1) is 19.0. The minimum absolute atomic E-state index is 0.0219. The molecule has 2 aromatic carbocycles. The van der Waals surface area contributed by atoms with E-state index in [1.165, 1.54) is 6.07 Å². The number of halogens is 1. The number of pyridine rings is 1. The number of phenols is 1. The largest absolute Gasteiger partial charge is 0.508 e. The number of benzene rings is 2. The van der Waals surface area contributed by atoms with Crippen molar-refractivity contribution in [3.63, 3.8) is 0 Å². The molecule has 200 valence electrons. The molecule has 0 atom stereocenters. The summed E-state index contributed by atoms with van der Waals surface area (Å²) in [5.41, 5.74) is 0.603. The Bertz CT molecular complexity index is 1600. The summed E-state index contributed by atoms with van der Waals surface area (Å²) in [4.78, 5) is 30.2. The third-order valence-corrected chi connectivity index (χ3v) is 8.36. The van der Waals surface area contributed by atoms with E-state index in [4.69, 9.17) is 4.74 Å². The second-order valence-corrected chi connectivity index (χ2v) is 10.7. The van der Waals surface area contributed by atoms with Gasteiger partial charge in [-0.2, -0.15) is 9.97 Å². The molecule has 0 spiro atoms. The van der Waals surface area contributed by atoms with Gasteiger partial charge >= 0.3 is 6.01 Å². The number of aromatic nitrogens is 3. The van der Waals surface area contributed by atoms with Crippen LogP contribution in [0.15, 0.2) is 42.6 Å². The number of ether oxygens (including phenoxy) is 1. The van der Waals surface area contributed by atoms with Gasteiger partial charge in [0.1, 0.15) is 29.4 Å². The summed E-state index contributed by atoms with van der Waals surface area (Å²) in [6, 6.07) is 10.7. The lowest BCUT2D eigenvalue weighted by molar-refractivity contribution is -0.120. The molecule has 0 radical (unpaired) electrons. The van der Waals surface area contributed by atoms with Crippen LogP contribution in [-0.4, -0.2) is 75.7 Å². The van der Waals surface area contributed by atoms with E-state index in [-0.39, 0.29) is 41.0 Å². The number of hydrogen-bond acceptors (Lipinski definition) is 8. The highest BCUT2D eigenvalue weighted by molar-refractivity contribution is 6.00. The summed E-state index contributed by atoms with van der Waals surface area (Å²) in [6.07, 6.45) is 5.95. The van der Waals surface area contributed by atoms with Gasteiger partial charge < -0.3 is 20.1 Å². The number of fused-ring (bicyclic) bond motifs is 3. The molecule has 1 amide bonds. The molecule has 39 heavy (non-hydrogen) atoms. The van der Waals surface area contributed by atoms with Crippen molar-refractivity contribution in [3.05, 3.63) is 48.4 Å². The summed E-state index contributed by atoms with van der Waals surface area (Å²) in [7, 11) is 0. The highest BCUT2D eigenvalue weighted by atomic mass is 19.1. The predicted molar refractivity (Wildman–Crippen MR) is 145 cm³/mol. The van der Waals surface area contributed by atoms with Gasteiger partial charge in [0.2, 0.25) is 5.91 Å². The van der Waals surface area contributed by atoms with Gasteiger partial charge in [-0.15, -0.1) is 0 Å². The zero-order chi connectivity index (χ0) is 26.6. The van der Waals surface area contributed by atoms with E-state index in [0.717, 1.165) is 49.5 Å². The van der Waals surface area contributed by atoms with Gasteiger partial charge in [0.15, 0.2) is 5.82 Å². The van der Waals surface area contributed by atoms with E-state index in [0.29, 0.717) is 36.5 Å². The van der Waals surface area contributed by atoms with Crippen LogP contribution in [0.25, 0.3) is 32.9 Å². The number of carbonyl (C=O) groups is 1. The third kappa shape index (κ3) is 4.10. The zero-order valence-electron chi connectivity index (χ0n) is 21.5. The average molecular weight is 529 g/mol. The van der Waals surface area contributed by atoms with Crippen molar-refractivity contribution in [3.8, 4) is 23.0 Å². The molecule has 7 rings (SSSR count). The van der Waals surface area contributed by atoms with Crippen molar-refractivity contribution in [1.29, 1.82) is 0 Å². The van der Waals surface area contributed by atoms with Crippen LogP contribution in [0.5, 0.6) is 11.8 Å². The molecular formula is C29H29FN6O3. The van der Waals surface area contributed by atoms with Gasteiger partial charge in [0.25, 0.3) is 0 Å². The topological polar surface area (TPSA) is 104 Å². The lowest BCUT2D eigenvalue weighted by atomic mass is 9.95. The SMILES string of the molecule is O=C1CN(c2nc(OCC34CCCN3CCC4)nc3c(F)c(-c4cc(O)cc5ccccc45)ncc23)CCN1. The van der Waals surface area contributed by atoms with E-state index < -0.39 is 5.82 Å². The number of nitrogens with zero attached hydrogens (tertiary/aromatic N) is 5. The molecule has 0 unspecified atom stereocenters. The van der Waals surface area contributed by atoms with Crippen molar-refractivity contribution in [2.45, 2.75) is 31.2 Å². The fourth-order valence-electron chi connectivity index (χ4n) is 6.48. The van der Waals surface area contributed by atoms with Crippen LogP contribution in [0.1, 0.15) is 25.7 Å². The highest BCUT2D eigenvalue weighted by Gasteiger charge is 2.45. The van der Waals surface area contributed by atoms with Crippen LogP contribution < -0.4 is 15.0 Å². The van der Waals surface area contributed by atoms with Gasteiger partial charge in [-0.3, -0.25) is 14.7 Å². The Morgan fingerprint density at radius 1 is 1.08 bits per heavy atom. The van der Waals surface area contributed by atoms with E-state index in [9.17, 15) is 9.90 Å². The maximum atomic E-state index is 16.4. The summed E-state index contributed by atoms with van der Waals surface area (Å²) in [5, 5.41) is 15.1. The van der Waals surface area contributed by atoms with Crippen molar-refractivity contribution < 1.29 is 19.0 Å². The first-order valence-corrected chi connectivity index (χ1v) is 13.5. The number of amides is 1. The Kier molecular flexibility index (Phi) is 5.73. The molecule has 3 aliphatic rings. The molecule has 10 heteroatoms. The van der Waals surface area contributed by atoms with Gasteiger partial charge in [-0.05, 0) is 61.7 Å². The van der Waals surface area contributed by atoms with Crippen molar-refractivity contribution in [2.75, 3.05) is 44.2 Å². The number of rotatable bonds is 5. The second-order valence-electron chi connectivity index (χ2n) is 10.7. The monoisotopic (exact) mass is 528 g/mol. The van der Waals surface area contributed by atoms with Crippen LogP contribution in [0.4, 0.5) is 10.2 Å². The predicted octanol–water partition coefficient (Wildman–Crippen LogP) is 3.63. The van der Waals surface area contributed by atoms with Gasteiger partial charge in [-0.25, -0.2) is 4.39 Å². The number of phenolic OH excluding ortho intramolecular Hbond substituents is 1. The summed E-state index contributed by atoms with van der Waals surface area (Å²) in [5.74, 6) is -0.303. The van der Waals surface area contributed by atoms with Crippen molar-refractivity contribution in [2.24, 2.45) is 0 Å². The molecule has 5 heterocycles. The maximum absolute atomic E-state index is 16.4. The first-order valence-electron chi connectivity index (χ1n) is 13.5. The highest BCUT2D eigenvalue weighted by Crippen LogP contribution is 2.40. The van der Waals surface area contributed by atoms with Crippen LogP contribution in [-0.2, 0) is 4.79 Å². The number of piperazine rings is 1. The number of aromatic hydroxyl groups is 1. The standard InChI is InChI=1S/C29H29FN6O3/c30-24-25(21-14-19(37)13-18-5-1-2-6-20(18)21)32-15-22-26(24)33-28(34-27(22)35-12-9-31-23(38)16-35)39-17-29-7-3-10-36(29)11-4-8-29/h1-2,5-6,13-15,37H,3-4,7-12,16-17H2,(H,31,38). The van der Waals surface area contributed by atoms with E-state index in [2.05, 4.69) is 25.2 Å². The van der Waals surface area contributed by atoms with Crippen LogP contribution in [0.2, 0.25) is 0 Å². The molecule has 0 aliphatic carbocycles. The molecule has 4 aromatic rings. The molecule has 0 saturated carbocycles. The van der Waals surface area contributed by atoms with Gasteiger partial charge in [-0.1, -0.05) is 24.3 Å². The van der Waals surface area contributed by atoms with Crippen LogP contribution in [0.3, 0.4) is 0 Å². The minimum Gasteiger partial charge on any atom is -0.508 e. The van der Waals surface area contributed by atoms with Gasteiger partial charge in [0.05, 0.1) is 17.5 Å². The summed E-state index contributed by atoms with van der Waals surface area (Å²) < 4.78 is 22.6. The third-order valence-electron chi connectivity index (χ3n) is 8.36. The maximum Gasteiger partial charge on any atom is 0.319 e. The molecule has 9 nitrogen and oxygen atoms in total. The molecule has 3 aliphatic heterocycles. The Hall–Kier alpha value is -4.05. The fourth-order valence-corrected chi connectivity index (χ4v) is 6.48. The Balaban J connectivity index is 1.36. The first kappa shape index (κ1) is 24.0. The van der Waals surface area contributed by atoms with Crippen LogP contribution in [0, 0.1) is 5.82 Å². The molecule has 3 saturated heterocycles. The Morgan fingerprint density at radius 3 is 2.72 bits per heavy atom. The molecule has 3 fully saturated rings. The fraction of sp³-hybridized carbons (Fsp3) is 0.379. The van der Waals surface area contributed by atoms with E-state index in [1.54, 1.807) is 12.3 Å². The molecule has 0 bridgehead atoms. The van der Waals surface area contributed by atoms with Gasteiger partial charge in [0, 0.05) is 24.8 Å². The Labute approximate surface area is 224 Å². The normalized spacial score (nSPS) is 19.0.